The summed E-state index contributed by atoms with van der Waals surface area (Å²) in [6.45, 7) is 19.4. The van der Waals surface area contributed by atoms with Gasteiger partial charge in [0.25, 0.3) is 0 Å². The SMILES string of the molecule is C=CC(C)CCC(=C=[C-][Si](C)(C)C)O[Si](C)(C)C.[Zn+][Br]. The molecule has 0 bridgehead atoms. The van der Waals surface area contributed by atoms with Gasteiger partial charge in [0, 0.05) is 0 Å². The second-order valence-electron chi connectivity index (χ2n) is 6.89. The molecule has 20 heavy (non-hydrogen) atoms. The predicted octanol–water partition coefficient (Wildman–Crippen LogP) is 6.00. The molecular weight excluding hydrogens is 398 g/mol. The molecule has 5 heteroatoms. The molecular formula is C15H29BrOSi2Zn. The maximum absolute atomic E-state index is 6.10. The van der Waals surface area contributed by atoms with Crippen LogP contribution in [0.4, 0.5) is 0 Å². The first-order valence-electron chi connectivity index (χ1n) is 7.01. The topological polar surface area (TPSA) is 9.23 Å². The van der Waals surface area contributed by atoms with Crippen molar-refractivity contribution in [1.29, 1.82) is 0 Å². The van der Waals surface area contributed by atoms with Crippen LogP contribution in [-0.2, 0) is 20.8 Å². The standard InChI is InChI=1S/C15H29OSi2.BrH.Zn/c1-9-14(2)10-11-15(16-18(6,7)8)12-13-17(3,4)5;;/h9,14H,1,10-11H2,2-8H3;1H;/q-1;;+2/p-1. The van der Waals surface area contributed by atoms with Crippen molar-refractivity contribution in [3.8, 4) is 0 Å². The van der Waals surface area contributed by atoms with E-state index in [2.05, 4.69) is 77.8 Å². The molecule has 0 heterocycles. The Kier molecular flexibility index (Phi) is 12.8. The number of rotatable bonds is 7. The van der Waals surface area contributed by atoms with Gasteiger partial charge in [-0.15, -0.1) is 6.58 Å². The van der Waals surface area contributed by atoms with E-state index in [1.807, 2.05) is 6.08 Å². The molecule has 112 valence electrons. The van der Waals surface area contributed by atoms with Crippen LogP contribution in [0, 0.1) is 11.6 Å². The van der Waals surface area contributed by atoms with Crippen molar-refractivity contribution in [2.75, 3.05) is 0 Å². The van der Waals surface area contributed by atoms with Gasteiger partial charge < -0.3 is 4.43 Å². The summed E-state index contributed by atoms with van der Waals surface area (Å²) in [6, 6.07) is 0. The molecule has 0 aliphatic carbocycles. The summed E-state index contributed by atoms with van der Waals surface area (Å²) in [5.74, 6) is 1.52. The Morgan fingerprint density at radius 3 is 2.15 bits per heavy atom. The average Bonchev–Trinajstić information content (AvgIpc) is 2.32. The van der Waals surface area contributed by atoms with Gasteiger partial charge in [0.15, 0.2) is 0 Å². The Morgan fingerprint density at radius 2 is 1.80 bits per heavy atom. The molecule has 1 unspecified atom stereocenters. The summed E-state index contributed by atoms with van der Waals surface area (Å²) in [5, 5.41) is 0. The second-order valence-corrected chi connectivity index (χ2v) is 16.1. The molecule has 0 fully saturated rings. The minimum atomic E-state index is -1.55. The van der Waals surface area contributed by atoms with Gasteiger partial charge in [-0.05, 0) is 39.4 Å². The molecule has 0 aliphatic heterocycles. The van der Waals surface area contributed by atoms with E-state index in [0.29, 0.717) is 5.92 Å². The fourth-order valence-electron chi connectivity index (χ4n) is 1.24. The number of hydrogen-bond donors (Lipinski definition) is 0. The molecule has 0 radical (unpaired) electrons. The first-order chi connectivity index (χ1) is 9.03. The number of halogens is 1. The Bertz CT molecular complexity index is 337. The monoisotopic (exact) mass is 424 g/mol. The predicted molar refractivity (Wildman–Crippen MR) is 95.6 cm³/mol. The van der Waals surface area contributed by atoms with E-state index in [9.17, 15) is 0 Å². The molecule has 0 aromatic carbocycles. The summed E-state index contributed by atoms with van der Waals surface area (Å²) in [4.78, 5) is 0. The van der Waals surface area contributed by atoms with E-state index < -0.39 is 16.4 Å². The van der Waals surface area contributed by atoms with Gasteiger partial charge in [-0.3, -0.25) is 5.73 Å². The van der Waals surface area contributed by atoms with Crippen LogP contribution in [0.1, 0.15) is 19.8 Å². The third-order valence-electron chi connectivity index (χ3n) is 2.24. The molecule has 1 nitrogen and oxygen atoms in total. The van der Waals surface area contributed by atoms with Crippen molar-refractivity contribution in [3.05, 3.63) is 29.8 Å². The van der Waals surface area contributed by atoms with E-state index in [4.69, 9.17) is 4.43 Å². The summed E-state index contributed by atoms with van der Waals surface area (Å²) < 4.78 is 6.10. The third kappa shape index (κ3) is 16.7. The molecule has 0 N–H and O–H groups in total. The quantitative estimate of drug-likeness (QED) is 0.159. The summed E-state index contributed by atoms with van der Waals surface area (Å²) in [5.41, 5.74) is 6.71. The van der Waals surface area contributed by atoms with Gasteiger partial charge in [0.05, 0.1) is 0 Å². The van der Waals surface area contributed by atoms with Gasteiger partial charge in [-0.25, -0.2) is 5.70 Å². The zero-order chi connectivity index (χ0) is 16.4. The van der Waals surface area contributed by atoms with Gasteiger partial charge in [-0.2, -0.15) is 0 Å². The Labute approximate surface area is 145 Å². The molecule has 0 aromatic heterocycles. The first-order valence-corrected chi connectivity index (χ1v) is 20.9. The van der Waals surface area contributed by atoms with Crippen molar-refractivity contribution in [3.63, 3.8) is 0 Å². The van der Waals surface area contributed by atoms with Crippen LogP contribution in [0.5, 0.6) is 0 Å². The van der Waals surface area contributed by atoms with Gasteiger partial charge in [-0.1, -0.05) is 45.5 Å². The van der Waals surface area contributed by atoms with Crippen LogP contribution >= 0.6 is 13.6 Å². The van der Waals surface area contributed by atoms with E-state index in [0.717, 1.165) is 18.6 Å². The molecule has 0 aliphatic rings. The third-order valence-corrected chi connectivity index (χ3v) is 3.97. The maximum atomic E-state index is 6.10. The summed E-state index contributed by atoms with van der Waals surface area (Å²) in [7, 11) is -2.88. The van der Waals surface area contributed by atoms with Gasteiger partial charge in [0.2, 0.25) is 8.32 Å². The second kappa shape index (κ2) is 11.2. The molecule has 0 amide bonds. The number of allylic oxidation sites excluding steroid dienone is 2. The van der Waals surface area contributed by atoms with Crippen LogP contribution in [0.2, 0.25) is 39.3 Å². The van der Waals surface area contributed by atoms with Gasteiger partial charge >= 0.3 is 30.0 Å². The van der Waals surface area contributed by atoms with Crippen LogP contribution in [-0.4, -0.2) is 16.4 Å². The Balaban J connectivity index is 0. The molecule has 0 saturated carbocycles. The van der Waals surface area contributed by atoms with E-state index in [1.165, 1.54) is 16.3 Å². The molecule has 0 aromatic rings. The summed E-state index contributed by atoms with van der Waals surface area (Å²) >= 11 is 4.25. The van der Waals surface area contributed by atoms with Crippen molar-refractivity contribution in [2.24, 2.45) is 5.92 Å². The first kappa shape index (κ1) is 22.9. The summed E-state index contributed by atoms with van der Waals surface area (Å²) in [6.07, 6.45) is 4.01. The molecule has 0 spiro atoms. The zero-order valence-corrected chi connectivity index (χ0v) is 20.8. The normalized spacial score (nSPS) is 12.5. The van der Waals surface area contributed by atoms with Crippen molar-refractivity contribution < 1.29 is 20.8 Å². The molecule has 1 atom stereocenters. The van der Waals surface area contributed by atoms with Crippen LogP contribution < -0.4 is 0 Å². The Morgan fingerprint density at radius 1 is 1.30 bits per heavy atom. The van der Waals surface area contributed by atoms with Crippen LogP contribution in [0.15, 0.2) is 24.1 Å². The fraction of sp³-hybridized carbons (Fsp3) is 0.667. The Hall–Kier alpha value is 0.597. The minimum absolute atomic E-state index is 0.527. The molecule has 0 saturated heterocycles. The number of hydrogen-bond acceptors (Lipinski definition) is 1. The average molecular weight is 427 g/mol. The van der Waals surface area contributed by atoms with Gasteiger partial charge in [0.1, 0.15) is 0 Å². The van der Waals surface area contributed by atoms with Crippen molar-refractivity contribution >= 4 is 30.0 Å². The fourth-order valence-corrected chi connectivity index (χ4v) is 2.65. The van der Waals surface area contributed by atoms with E-state index in [-0.39, 0.29) is 0 Å². The van der Waals surface area contributed by atoms with Crippen molar-refractivity contribution in [1.82, 2.24) is 0 Å². The van der Waals surface area contributed by atoms with Crippen LogP contribution in [0.3, 0.4) is 0 Å². The van der Waals surface area contributed by atoms with E-state index >= 15 is 0 Å². The van der Waals surface area contributed by atoms with Crippen LogP contribution in [0.25, 0.3) is 0 Å². The van der Waals surface area contributed by atoms with Crippen molar-refractivity contribution in [2.45, 2.75) is 59.0 Å². The zero-order valence-electron chi connectivity index (χ0n) is 14.3. The molecule has 0 rings (SSSR count). The van der Waals surface area contributed by atoms with E-state index in [1.54, 1.807) is 0 Å².